The Labute approximate surface area is 122 Å². The SMILES string of the molecule is c1cc2ccc3ccc(OCC4CO4)c4ccc(c1)c2c34. The predicted molar refractivity (Wildman–Crippen MR) is 85.4 cm³/mol. The molecule has 4 aromatic rings. The van der Waals surface area contributed by atoms with Crippen molar-refractivity contribution < 1.29 is 9.47 Å². The van der Waals surface area contributed by atoms with Gasteiger partial charge in [0, 0.05) is 10.8 Å². The Kier molecular flexibility index (Phi) is 2.21. The normalized spacial score (nSPS) is 17.8. The third-order valence-corrected chi connectivity index (χ3v) is 4.32. The summed E-state index contributed by atoms with van der Waals surface area (Å²) in [6.07, 6.45) is 0.281. The van der Waals surface area contributed by atoms with Gasteiger partial charge < -0.3 is 9.47 Å². The first-order valence-electron chi connectivity index (χ1n) is 7.31. The molecule has 1 aliphatic rings. The Morgan fingerprint density at radius 1 is 0.857 bits per heavy atom. The van der Waals surface area contributed by atoms with Crippen molar-refractivity contribution in [2.45, 2.75) is 6.10 Å². The summed E-state index contributed by atoms with van der Waals surface area (Å²) in [5.41, 5.74) is 0. The molecule has 1 fully saturated rings. The maximum absolute atomic E-state index is 5.96. The van der Waals surface area contributed by atoms with Gasteiger partial charge in [-0.25, -0.2) is 0 Å². The van der Waals surface area contributed by atoms with Crippen molar-refractivity contribution in [3.63, 3.8) is 0 Å². The van der Waals surface area contributed by atoms with E-state index in [4.69, 9.17) is 9.47 Å². The number of rotatable bonds is 3. The van der Waals surface area contributed by atoms with E-state index in [-0.39, 0.29) is 6.10 Å². The number of epoxide rings is 1. The summed E-state index contributed by atoms with van der Waals surface area (Å²) >= 11 is 0. The second-order valence-electron chi connectivity index (χ2n) is 5.69. The standard InChI is InChI=1S/C19H14O2/c1-2-12-4-5-14-7-9-17(21-11-15-10-20-15)16-8-6-13(3-1)18(12)19(14)16/h1-9,15H,10-11H2. The predicted octanol–water partition coefficient (Wildman–Crippen LogP) is 4.36. The monoisotopic (exact) mass is 274 g/mol. The minimum Gasteiger partial charge on any atom is -0.490 e. The Hall–Kier alpha value is -2.32. The van der Waals surface area contributed by atoms with Crippen LogP contribution in [0.3, 0.4) is 0 Å². The molecule has 1 atom stereocenters. The van der Waals surface area contributed by atoms with E-state index in [1.807, 2.05) is 0 Å². The Morgan fingerprint density at radius 3 is 2.29 bits per heavy atom. The van der Waals surface area contributed by atoms with E-state index in [1.165, 1.54) is 32.3 Å². The van der Waals surface area contributed by atoms with E-state index in [0.29, 0.717) is 6.61 Å². The summed E-state index contributed by atoms with van der Waals surface area (Å²) in [5, 5.41) is 7.67. The summed E-state index contributed by atoms with van der Waals surface area (Å²) < 4.78 is 11.2. The average Bonchev–Trinajstić information content (AvgIpc) is 3.35. The first-order chi connectivity index (χ1) is 10.4. The molecule has 2 nitrogen and oxygen atoms in total. The van der Waals surface area contributed by atoms with Crippen LogP contribution >= 0.6 is 0 Å². The Bertz CT molecular complexity index is 938. The van der Waals surface area contributed by atoms with E-state index in [2.05, 4.69) is 54.6 Å². The van der Waals surface area contributed by atoms with Crippen LogP contribution in [0, 0.1) is 0 Å². The molecule has 0 radical (unpaired) electrons. The zero-order valence-corrected chi connectivity index (χ0v) is 11.5. The summed E-state index contributed by atoms with van der Waals surface area (Å²) in [5.74, 6) is 0.955. The highest BCUT2D eigenvalue weighted by atomic mass is 16.6. The van der Waals surface area contributed by atoms with Gasteiger partial charge in [-0.1, -0.05) is 42.5 Å². The smallest absolute Gasteiger partial charge is 0.127 e. The lowest BCUT2D eigenvalue weighted by Gasteiger charge is -2.14. The summed E-state index contributed by atoms with van der Waals surface area (Å²) in [6, 6.07) is 19.4. The van der Waals surface area contributed by atoms with Crippen LogP contribution < -0.4 is 4.74 Å². The second-order valence-corrected chi connectivity index (χ2v) is 5.69. The molecular weight excluding hydrogens is 260 g/mol. The van der Waals surface area contributed by atoms with E-state index in [9.17, 15) is 0 Å². The van der Waals surface area contributed by atoms with Gasteiger partial charge in [0.1, 0.15) is 18.5 Å². The first kappa shape index (κ1) is 11.4. The van der Waals surface area contributed by atoms with Gasteiger partial charge in [0.05, 0.1) is 6.61 Å². The fourth-order valence-corrected chi connectivity index (χ4v) is 3.18. The number of benzene rings is 4. The summed E-state index contributed by atoms with van der Waals surface area (Å²) in [7, 11) is 0. The number of hydrogen-bond acceptors (Lipinski definition) is 2. The summed E-state index contributed by atoms with van der Waals surface area (Å²) in [6.45, 7) is 1.47. The molecule has 0 saturated carbocycles. The van der Waals surface area contributed by atoms with Gasteiger partial charge in [0.15, 0.2) is 0 Å². The van der Waals surface area contributed by atoms with E-state index in [0.717, 1.165) is 12.4 Å². The Morgan fingerprint density at radius 2 is 1.52 bits per heavy atom. The number of hydrogen-bond donors (Lipinski definition) is 0. The van der Waals surface area contributed by atoms with Gasteiger partial charge in [0.25, 0.3) is 0 Å². The van der Waals surface area contributed by atoms with Crippen LogP contribution in [-0.4, -0.2) is 19.3 Å². The lowest BCUT2D eigenvalue weighted by Crippen LogP contribution is -2.04. The van der Waals surface area contributed by atoms with Crippen LogP contribution in [0.1, 0.15) is 0 Å². The average molecular weight is 274 g/mol. The van der Waals surface area contributed by atoms with Crippen molar-refractivity contribution in [1.82, 2.24) is 0 Å². The Balaban J connectivity index is 1.82. The molecule has 1 heterocycles. The van der Waals surface area contributed by atoms with E-state index < -0.39 is 0 Å². The van der Waals surface area contributed by atoms with Crippen molar-refractivity contribution in [3.05, 3.63) is 54.6 Å². The van der Waals surface area contributed by atoms with Crippen molar-refractivity contribution in [3.8, 4) is 5.75 Å². The van der Waals surface area contributed by atoms with Gasteiger partial charge in [-0.15, -0.1) is 0 Å². The van der Waals surface area contributed by atoms with Crippen LogP contribution in [-0.2, 0) is 4.74 Å². The molecule has 4 aromatic carbocycles. The minimum atomic E-state index is 0.281. The van der Waals surface area contributed by atoms with E-state index >= 15 is 0 Å². The van der Waals surface area contributed by atoms with Crippen LogP contribution in [0.2, 0.25) is 0 Å². The third kappa shape index (κ3) is 1.69. The highest BCUT2D eigenvalue weighted by molar-refractivity contribution is 6.24. The van der Waals surface area contributed by atoms with Gasteiger partial charge >= 0.3 is 0 Å². The van der Waals surface area contributed by atoms with Gasteiger partial charge in [0.2, 0.25) is 0 Å². The van der Waals surface area contributed by atoms with Gasteiger partial charge in [-0.3, -0.25) is 0 Å². The van der Waals surface area contributed by atoms with E-state index in [1.54, 1.807) is 0 Å². The number of ether oxygens (including phenoxy) is 2. The maximum Gasteiger partial charge on any atom is 0.127 e. The molecule has 1 saturated heterocycles. The molecule has 1 aliphatic heterocycles. The van der Waals surface area contributed by atoms with Crippen LogP contribution in [0.5, 0.6) is 5.75 Å². The molecule has 2 heteroatoms. The topological polar surface area (TPSA) is 21.8 Å². The largest absolute Gasteiger partial charge is 0.490 e. The fraction of sp³-hybridized carbons (Fsp3) is 0.158. The maximum atomic E-state index is 5.96. The molecule has 0 N–H and O–H groups in total. The molecule has 0 aromatic heterocycles. The lowest BCUT2D eigenvalue weighted by molar-refractivity contribution is 0.265. The van der Waals surface area contributed by atoms with Gasteiger partial charge in [-0.2, -0.15) is 0 Å². The highest BCUT2D eigenvalue weighted by Crippen LogP contribution is 2.38. The first-order valence-corrected chi connectivity index (χ1v) is 7.31. The van der Waals surface area contributed by atoms with Crippen molar-refractivity contribution in [2.24, 2.45) is 0 Å². The minimum absolute atomic E-state index is 0.281. The van der Waals surface area contributed by atoms with Gasteiger partial charge in [-0.05, 0) is 33.7 Å². The molecule has 0 amide bonds. The fourth-order valence-electron chi connectivity index (χ4n) is 3.18. The van der Waals surface area contributed by atoms with Crippen LogP contribution in [0.15, 0.2) is 54.6 Å². The second kappa shape index (κ2) is 4.09. The zero-order valence-electron chi connectivity index (χ0n) is 11.5. The molecule has 21 heavy (non-hydrogen) atoms. The van der Waals surface area contributed by atoms with Crippen molar-refractivity contribution in [1.29, 1.82) is 0 Å². The molecule has 0 spiro atoms. The molecule has 1 unspecified atom stereocenters. The lowest BCUT2D eigenvalue weighted by atomic mass is 9.94. The van der Waals surface area contributed by atoms with Crippen molar-refractivity contribution >= 4 is 32.3 Å². The molecular formula is C19H14O2. The highest BCUT2D eigenvalue weighted by Gasteiger charge is 2.23. The molecule has 5 rings (SSSR count). The van der Waals surface area contributed by atoms with Crippen LogP contribution in [0.4, 0.5) is 0 Å². The molecule has 0 aliphatic carbocycles. The van der Waals surface area contributed by atoms with Crippen LogP contribution in [0.25, 0.3) is 32.3 Å². The molecule has 0 bridgehead atoms. The van der Waals surface area contributed by atoms with Crippen molar-refractivity contribution in [2.75, 3.05) is 13.2 Å². The third-order valence-electron chi connectivity index (χ3n) is 4.32. The summed E-state index contributed by atoms with van der Waals surface area (Å²) in [4.78, 5) is 0. The molecule has 102 valence electrons. The zero-order chi connectivity index (χ0) is 13.8. The quantitative estimate of drug-likeness (QED) is 0.409.